The highest BCUT2D eigenvalue weighted by atomic mass is 35.5. The molecule has 1 aliphatic heterocycles. The minimum Gasteiger partial charge on any atom is -0.394 e. The van der Waals surface area contributed by atoms with E-state index in [0.29, 0.717) is 5.02 Å². The van der Waals surface area contributed by atoms with Gasteiger partial charge in [-0.1, -0.05) is 41.9 Å². The van der Waals surface area contributed by atoms with Gasteiger partial charge < -0.3 is 4.84 Å². The van der Waals surface area contributed by atoms with Gasteiger partial charge in [-0.15, -0.1) is 16.8 Å². The fourth-order valence-corrected chi connectivity index (χ4v) is 3.16. The predicted octanol–water partition coefficient (Wildman–Crippen LogP) is 3.17. The number of hydroxylamine groups is 1. The molecule has 1 aromatic carbocycles. The van der Waals surface area contributed by atoms with Crippen LogP contribution in [-0.2, 0) is 10.5 Å². The normalized spacial score (nSPS) is 22.6. The molecule has 1 atom stereocenters. The van der Waals surface area contributed by atoms with Crippen molar-refractivity contribution in [1.82, 2.24) is 5.48 Å². The lowest BCUT2D eigenvalue weighted by molar-refractivity contribution is 0.149. The van der Waals surface area contributed by atoms with Crippen LogP contribution in [0, 0.1) is 0 Å². The summed E-state index contributed by atoms with van der Waals surface area (Å²) in [5.74, 6) is 0. The van der Waals surface area contributed by atoms with E-state index < -0.39 is 5.66 Å². The molecule has 1 aromatic heterocycles. The first-order valence-electron chi connectivity index (χ1n) is 5.08. The van der Waals surface area contributed by atoms with E-state index in [1.807, 2.05) is 41.8 Å². The van der Waals surface area contributed by atoms with Crippen LogP contribution in [0.4, 0.5) is 0 Å². The van der Waals surface area contributed by atoms with Crippen molar-refractivity contribution in [2.75, 3.05) is 0 Å². The van der Waals surface area contributed by atoms with Crippen LogP contribution in [-0.4, -0.2) is 6.40 Å². The second kappa shape index (κ2) is 4.14. The lowest BCUT2D eigenvalue weighted by Gasteiger charge is -2.24. The Hall–Kier alpha value is -1.36. The van der Waals surface area contributed by atoms with Crippen molar-refractivity contribution in [2.45, 2.75) is 5.66 Å². The highest BCUT2D eigenvalue weighted by Crippen LogP contribution is 2.40. The summed E-state index contributed by atoms with van der Waals surface area (Å²) in [6.07, 6.45) is 1.41. The largest absolute Gasteiger partial charge is 0.394 e. The Morgan fingerprint density at radius 3 is 2.65 bits per heavy atom. The molecule has 0 radical (unpaired) electrons. The molecular formula is C12H9ClN2OS. The second-order valence-corrected chi connectivity index (χ2v) is 4.95. The summed E-state index contributed by atoms with van der Waals surface area (Å²) >= 11 is 7.75. The molecule has 0 amide bonds. The monoisotopic (exact) mass is 264 g/mol. The number of hydrogen-bond donors (Lipinski definition) is 1. The molecule has 0 fully saturated rings. The van der Waals surface area contributed by atoms with Crippen LogP contribution in [0.3, 0.4) is 0 Å². The summed E-state index contributed by atoms with van der Waals surface area (Å²) in [6, 6.07) is 11.8. The molecule has 1 N–H and O–H groups in total. The van der Waals surface area contributed by atoms with Gasteiger partial charge in [0.25, 0.3) is 0 Å². The summed E-state index contributed by atoms with van der Waals surface area (Å²) < 4.78 is 0. The van der Waals surface area contributed by atoms with Crippen molar-refractivity contribution in [3.63, 3.8) is 0 Å². The minimum atomic E-state index is -0.716. The lowest BCUT2D eigenvalue weighted by Crippen LogP contribution is -2.36. The number of rotatable bonds is 2. The molecule has 17 heavy (non-hydrogen) atoms. The summed E-state index contributed by atoms with van der Waals surface area (Å²) in [5, 5.41) is 2.63. The van der Waals surface area contributed by atoms with Gasteiger partial charge in [0, 0.05) is 5.56 Å². The average Bonchev–Trinajstić information content (AvgIpc) is 2.99. The third-order valence-corrected chi connectivity index (χ3v) is 4.09. The van der Waals surface area contributed by atoms with Crippen LogP contribution >= 0.6 is 22.9 Å². The fraction of sp³-hybridized carbons (Fsp3) is 0.0833. The third-order valence-electron chi connectivity index (χ3n) is 2.64. The van der Waals surface area contributed by atoms with Gasteiger partial charge in [0.05, 0.1) is 9.90 Å². The zero-order chi connectivity index (χ0) is 11.7. The van der Waals surface area contributed by atoms with Gasteiger partial charge in [-0.2, -0.15) is 0 Å². The number of halogens is 1. The molecule has 3 rings (SSSR count). The summed E-state index contributed by atoms with van der Waals surface area (Å²) in [7, 11) is 0. The number of thiophene rings is 1. The fourth-order valence-electron chi connectivity index (χ4n) is 1.84. The van der Waals surface area contributed by atoms with E-state index in [4.69, 9.17) is 16.4 Å². The van der Waals surface area contributed by atoms with E-state index >= 15 is 0 Å². The zero-order valence-electron chi connectivity index (χ0n) is 8.76. The Balaban J connectivity index is 2.18. The number of aliphatic imine (C=N–C) groups is 1. The highest BCUT2D eigenvalue weighted by molar-refractivity contribution is 7.10. The average molecular weight is 265 g/mol. The molecule has 2 aromatic rings. The van der Waals surface area contributed by atoms with Crippen LogP contribution in [0.1, 0.15) is 10.4 Å². The van der Waals surface area contributed by atoms with E-state index in [9.17, 15) is 0 Å². The van der Waals surface area contributed by atoms with E-state index in [2.05, 4.69) is 10.5 Å². The minimum absolute atomic E-state index is 0.689. The quantitative estimate of drug-likeness (QED) is 0.904. The molecule has 0 bridgehead atoms. The Kier molecular flexibility index (Phi) is 2.63. The van der Waals surface area contributed by atoms with Crippen molar-refractivity contribution < 1.29 is 4.84 Å². The van der Waals surface area contributed by atoms with Gasteiger partial charge in [0.2, 0.25) is 5.66 Å². The molecule has 0 spiro atoms. The summed E-state index contributed by atoms with van der Waals surface area (Å²) in [4.78, 5) is 10.4. The predicted molar refractivity (Wildman–Crippen MR) is 69.3 cm³/mol. The van der Waals surface area contributed by atoms with Crippen molar-refractivity contribution in [3.8, 4) is 0 Å². The summed E-state index contributed by atoms with van der Waals surface area (Å²) in [5.41, 5.74) is 3.22. The molecule has 1 aliphatic rings. The van der Waals surface area contributed by atoms with Gasteiger partial charge in [-0.3, -0.25) is 0 Å². The molecule has 86 valence electrons. The number of hydrogen-bond acceptors (Lipinski definition) is 4. The van der Waals surface area contributed by atoms with Gasteiger partial charge in [-0.05, 0) is 11.4 Å². The first kappa shape index (κ1) is 10.8. The maximum Gasteiger partial charge on any atom is 0.207 e. The van der Waals surface area contributed by atoms with Crippen molar-refractivity contribution in [2.24, 2.45) is 4.99 Å². The van der Waals surface area contributed by atoms with Crippen LogP contribution < -0.4 is 5.48 Å². The SMILES string of the molecule is Clc1ccsc1C1(c2ccccc2)N=CON1. The van der Waals surface area contributed by atoms with Gasteiger partial charge in [-0.25, -0.2) is 4.99 Å². The van der Waals surface area contributed by atoms with Crippen LogP contribution in [0.15, 0.2) is 46.8 Å². The molecular weight excluding hydrogens is 256 g/mol. The standard InChI is InChI=1S/C12H9ClN2OS/c13-10-6-7-17-11(10)12(14-8-16-15-12)9-4-2-1-3-5-9/h1-8,15H. The lowest BCUT2D eigenvalue weighted by atomic mass is 9.99. The van der Waals surface area contributed by atoms with Crippen LogP contribution in [0.25, 0.3) is 0 Å². The van der Waals surface area contributed by atoms with E-state index in [0.717, 1.165) is 10.4 Å². The Bertz CT molecular complexity index is 555. The first-order chi connectivity index (χ1) is 8.33. The van der Waals surface area contributed by atoms with E-state index in [-0.39, 0.29) is 0 Å². The molecule has 0 saturated carbocycles. The molecule has 5 heteroatoms. The summed E-state index contributed by atoms with van der Waals surface area (Å²) in [6.45, 7) is 0. The number of nitrogens with zero attached hydrogens (tertiary/aromatic N) is 1. The van der Waals surface area contributed by atoms with Crippen molar-refractivity contribution in [3.05, 3.63) is 57.2 Å². The van der Waals surface area contributed by atoms with Crippen LogP contribution in [0.2, 0.25) is 5.02 Å². The maximum absolute atomic E-state index is 6.20. The zero-order valence-corrected chi connectivity index (χ0v) is 10.3. The molecule has 3 nitrogen and oxygen atoms in total. The van der Waals surface area contributed by atoms with E-state index in [1.54, 1.807) is 11.3 Å². The topological polar surface area (TPSA) is 33.6 Å². The second-order valence-electron chi connectivity index (χ2n) is 3.63. The van der Waals surface area contributed by atoms with Crippen LogP contribution in [0.5, 0.6) is 0 Å². The smallest absolute Gasteiger partial charge is 0.207 e. The molecule has 2 heterocycles. The first-order valence-corrected chi connectivity index (χ1v) is 6.34. The molecule has 0 aliphatic carbocycles. The van der Waals surface area contributed by atoms with Gasteiger partial charge >= 0.3 is 0 Å². The Morgan fingerprint density at radius 2 is 2.06 bits per heavy atom. The van der Waals surface area contributed by atoms with E-state index in [1.165, 1.54) is 6.40 Å². The number of benzene rings is 1. The molecule has 0 saturated heterocycles. The van der Waals surface area contributed by atoms with Crippen molar-refractivity contribution >= 4 is 29.3 Å². The van der Waals surface area contributed by atoms with Crippen molar-refractivity contribution in [1.29, 1.82) is 0 Å². The Morgan fingerprint density at radius 1 is 1.24 bits per heavy atom. The highest BCUT2D eigenvalue weighted by Gasteiger charge is 2.40. The maximum atomic E-state index is 6.20. The van der Waals surface area contributed by atoms with Gasteiger partial charge in [0.1, 0.15) is 0 Å². The Labute approximate surface area is 108 Å². The molecule has 1 unspecified atom stereocenters. The van der Waals surface area contributed by atoms with Gasteiger partial charge in [0.15, 0.2) is 6.40 Å². The third kappa shape index (κ3) is 1.65. The number of nitrogens with one attached hydrogen (secondary N) is 1.